The molecule has 1 heterocycles. The van der Waals surface area contributed by atoms with E-state index in [0.29, 0.717) is 6.47 Å². The molecule has 1 aromatic rings. The van der Waals surface area contributed by atoms with Crippen LogP contribution in [0.15, 0.2) is 18.7 Å². The first-order chi connectivity index (χ1) is 5.84. The van der Waals surface area contributed by atoms with Crippen molar-refractivity contribution >= 4 is 19.1 Å². The normalized spacial score (nSPS) is 11.2. The summed E-state index contributed by atoms with van der Waals surface area (Å²) in [7, 11) is 0. The molecule has 0 N–H and O–H groups in total. The van der Waals surface area contributed by atoms with E-state index in [1.54, 1.807) is 12.4 Å². The zero-order valence-electron chi connectivity index (χ0n) is 6.25. The summed E-state index contributed by atoms with van der Waals surface area (Å²) >= 11 is 4.19. The molecule has 0 radical (unpaired) electrons. The summed E-state index contributed by atoms with van der Waals surface area (Å²) in [6, 6.07) is 0. The van der Waals surface area contributed by atoms with Gasteiger partial charge in [0.25, 0.3) is 6.47 Å². The Kier molecular flexibility index (Phi) is 5.88. The number of hydrogen-bond donors (Lipinski definition) is 1. The number of thiol groups is 1. The van der Waals surface area contributed by atoms with Crippen molar-refractivity contribution in [1.82, 2.24) is 9.97 Å². The van der Waals surface area contributed by atoms with Gasteiger partial charge in [0, 0.05) is 18.0 Å². The SMILES string of the molecule is C.O=COCC(S)c1cncnc1. The molecule has 4 nitrogen and oxygen atoms in total. The molecular formula is C8H12N2O2S. The maximum absolute atomic E-state index is 9.85. The Bertz CT molecular complexity index is 243. The lowest BCUT2D eigenvalue weighted by Gasteiger charge is -2.07. The molecule has 13 heavy (non-hydrogen) atoms. The number of hydrogen-bond acceptors (Lipinski definition) is 5. The van der Waals surface area contributed by atoms with Crippen LogP contribution >= 0.6 is 12.6 Å². The molecule has 0 aliphatic rings. The summed E-state index contributed by atoms with van der Waals surface area (Å²) in [5.74, 6) is 0. The van der Waals surface area contributed by atoms with E-state index < -0.39 is 0 Å². The number of aromatic nitrogens is 2. The quantitative estimate of drug-likeness (QED) is 0.587. The van der Waals surface area contributed by atoms with Crippen LogP contribution in [-0.2, 0) is 9.53 Å². The van der Waals surface area contributed by atoms with Gasteiger partial charge in [-0.25, -0.2) is 9.97 Å². The van der Waals surface area contributed by atoms with Crippen molar-refractivity contribution in [1.29, 1.82) is 0 Å². The molecule has 72 valence electrons. The molecule has 1 rings (SSSR count). The lowest BCUT2D eigenvalue weighted by molar-refractivity contribution is -0.128. The molecule has 0 spiro atoms. The van der Waals surface area contributed by atoms with Crippen LogP contribution in [-0.4, -0.2) is 23.0 Å². The maximum Gasteiger partial charge on any atom is 0.293 e. The third kappa shape index (κ3) is 3.89. The Morgan fingerprint density at radius 2 is 2.15 bits per heavy atom. The first-order valence-corrected chi connectivity index (χ1v) is 3.84. The molecule has 5 heteroatoms. The van der Waals surface area contributed by atoms with Gasteiger partial charge >= 0.3 is 0 Å². The minimum atomic E-state index is -0.156. The summed E-state index contributed by atoms with van der Waals surface area (Å²) in [5.41, 5.74) is 0.836. The number of rotatable bonds is 4. The monoisotopic (exact) mass is 200 g/mol. The van der Waals surface area contributed by atoms with Gasteiger partial charge in [-0.15, -0.1) is 0 Å². The number of ether oxygens (including phenoxy) is 1. The molecule has 0 saturated heterocycles. The highest BCUT2D eigenvalue weighted by Crippen LogP contribution is 2.17. The molecule has 0 saturated carbocycles. The van der Waals surface area contributed by atoms with Gasteiger partial charge in [0.2, 0.25) is 0 Å². The fraction of sp³-hybridized carbons (Fsp3) is 0.375. The standard InChI is InChI=1S/C7H8N2O2S.CH4/c10-5-11-3-7(12)6-1-8-4-9-2-6;/h1-2,4-5,7,12H,3H2;1H4. The van der Waals surface area contributed by atoms with E-state index in [2.05, 4.69) is 27.3 Å². The van der Waals surface area contributed by atoms with E-state index in [9.17, 15) is 4.79 Å². The summed E-state index contributed by atoms with van der Waals surface area (Å²) in [4.78, 5) is 17.5. The Hall–Kier alpha value is -1.10. The predicted octanol–water partition coefficient (Wildman–Crippen LogP) is 1.26. The van der Waals surface area contributed by atoms with Crippen LogP contribution in [0, 0.1) is 0 Å². The van der Waals surface area contributed by atoms with Crippen molar-refractivity contribution in [3.63, 3.8) is 0 Å². The second-order valence-corrected chi connectivity index (χ2v) is 2.74. The van der Waals surface area contributed by atoms with Crippen LogP contribution in [0.3, 0.4) is 0 Å². The Morgan fingerprint density at radius 3 is 2.69 bits per heavy atom. The summed E-state index contributed by atoms with van der Waals surface area (Å²) < 4.78 is 4.54. The number of carbonyl (C=O) groups excluding carboxylic acids is 1. The van der Waals surface area contributed by atoms with Gasteiger partial charge in [-0.3, -0.25) is 4.79 Å². The molecule has 0 aliphatic heterocycles. The van der Waals surface area contributed by atoms with Gasteiger partial charge < -0.3 is 4.74 Å². The first kappa shape index (κ1) is 11.9. The lowest BCUT2D eigenvalue weighted by Crippen LogP contribution is -2.01. The zero-order valence-corrected chi connectivity index (χ0v) is 7.15. The Balaban J connectivity index is 0.00000144. The van der Waals surface area contributed by atoms with E-state index in [4.69, 9.17) is 0 Å². The van der Waals surface area contributed by atoms with E-state index in [1.807, 2.05) is 0 Å². The zero-order chi connectivity index (χ0) is 8.81. The van der Waals surface area contributed by atoms with E-state index in [0.717, 1.165) is 5.56 Å². The van der Waals surface area contributed by atoms with E-state index >= 15 is 0 Å². The van der Waals surface area contributed by atoms with Crippen molar-refractivity contribution in [2.75, 3.05) is 6.61 Å². The summed E-state index contributed by atoms with van der Waals surface area (Å²) in [5, 5.41) is -0.156. The number of nitrogens with zero attached hydrogens (tertiary/aromatic N) is 2. The molecule has 0 aliphatic carbocycles. The lowest BCUT2D eigenvalue weighted by atomic mass is 10.2. The highest BCUT2D eigenvalue weighted by Gasteiger charge is 2.06. The third-order valence-corrected chi connectivity index (χ3v) is 1.73. The predicted molar refractivity (Wildman–Crippen MR) is 52.5 cm³/mol. The summed E-state index contributed by atoms with van der Waals surface area (Å²) in [6.07, 6.45) is 4.71. The maximum atomic E-state index is 9.85. The topological polar surface area (TPSA) is 52.1 Å². The molecule has 1 atom stereocenters. The van der Waals surface area contributed by atoms with Gasteiger partial charge in [0.05, 0.1) is 5.25 Å². The molecular weight excluding hydrogens is 188 g/mol. The second kappa shape index (κ2) is 6.42. The van der Waals surface area contributed by atoms with Crippen molar-refractivity contribution in [2.45, 2.75) is 12.7 Å². The van der Waals surface area contributed by atoms with Gasteiger partial charge in [-0.2, -0.15) is 12.6 Å². The average molecular weight is 200 g/mol. The second-order valence-electron chi connectivity index (χ2n) is 2.12. The highest BCUT2D eigenvalue weighted by molar-refractivity contribution is 7.80. The van der Waals surface area contributed by atoms with Crippen LogP contribution in [0.4, 0.5) is 0 Å². The van der Waals surface area contributed by atoms with Crippen molar-refractivity contribution < 1.29 is 9.53 Å². The van der Waals surface area contributed by atoms with Gasteiger partial charge in [-0.05, 0) is 0 Å². The van der Waals surface area contributed by atoms with Gasteiger partial charge in [0.1, 0.15) is 12.9 Å². The highest BCUT2D eigenvalue weighted by atomic mass is 32.1. The van der Waals surface area contributed by atoms with E-state index in [-0.39, 0.29) is 19.3 Å². The van der Waals surface area contributed by atoms with Crippen LogP contribution in [0.2, 0.25) is 0 Å². The third-order valence-electron chi connectivity index (χ3n) is 1.29. The molecule has 0 bridgehead atoms. The van der Waals surface area contributed by atoms with Crippen molar-refractivity contribution in [3.05, 3.63) is 24.3 Å². The molecule has 0 fully saturated rings. The minimum Gasteiger partial charge on any atom is -0.466 e. The van der Waals surface area contributed by atoms with Crippen LogP contribution < -0.4 is 0 Å². The van der Waals surface area contributed by atoms with E-state index in [1.165, 1.54) is 6.33 Å². The molecule has 1 aromatic heterocycles. The van der Waals surface area contributed by atoms with Gasteiger partial charge in [-0.1, -0.05) is 7.43 Å². The van der Waals surface area contributed by atoms with Crippen LogP contribution in [0.5, 0.6) is 0 Å². The molecule has 0 aromatic carbocycles. The molecule has 0 amide bonds. The minimum absolute atomic E-state index is 0. The van der Waals surface area contributed by atoms with Crippen LogP contribution in [0.1, 0.15) is 18.2 Å². The smallest absolute Gasteiger partial charge is 0.293 e. The number of carbonyl (C=O) groups is 1. The van der Waals surface area contributed by atoms with Crippen molar-refractivity contribution in [2.24, 2.45) is 0 Å². The summed E-state index contributed by atoms with van der Waals surface area (Å²) in [6.45, 7) is 0.632. The fourth-order valence-electron chi connectivity index (χ4n) is 0.709. The van der Waals surface area contributed by atoms with Crippen LogP contribution in [0.25, 0.3) is 0 Å². The largest absolute Gasteiger partial charge is 0.466 e. The van der Waals surface area contributed by atoms with Crippen molar-refractivity contribution in [3.8, 4) is 0 Å². The Labute approximate surface area is 82.8 Å². The molecule has 1 unspecified atom stereocenters. The van der Waals surface area contributed by atoms with Gasteiger partial charge in [0.15, 0.2) is 0 Å². The first-order valence-electron chi connectivity index (χ1n) is 3.33. The fourth-order valence-corrected chi connectivity index (χ4v) is 0.929. The average Bonchev–Trinajstić information content (AvgIpc) is 2.15. The Morgan fingerprint density at radius 1 is 1.54 bits per heavy atom.